The molecule has 1 aromatic carbocycles. The Labute approximate surface area is 195 Å². The Hall–Kier alpha value is -2.87. The summed E-state index contributed by atoms with van der Waals surface area (Å²) in [6, 6.07) is 7.69. The van der Waals surface area contributed by atoms with Crippen molar-refractivity contribution < 1.29 is 9.53 Å². The lowest BCUT2D eigenvalue weighted by molar-refractivity contribution is -0.117. The van der Waals surface area contributed by atoms with Crippen molar-refractivity contribution in [3.8, 4) is 6.01 Å². The van der Waals surface area contributed by atoms with Crippen molar-refractivity contribution in [2.45, 2.75) is 59.2 Å². The maximum absolute atomic E-state index is 13.0. The van der Waals surface area contributed by atoms with Crippen LogP contribution in [-0.2, 0) is 24.3 Å². The van der Waals surface area contributed by atoms with Crippen molar-refractivity contribution in [3.63, 3.8) is 0 Å². The summed E-state index contributed by atoms with van der Waals surface area (Å²) in [4.78, 5) is 28.7. The summed E-state index contributed by atoms with van der Waals surface area (Å²) in [5.41, 5.74) is 4.81. The number of amides is 1. The molecule has 3 aliphatic rings. The van der Waals surface area contributed by atoms with E-state index in [0.717, 1.165) is 43.9 Å². The van der Waals surface area contributed by atoms with Gasteiger partial charge in [-0.15, -0.1) is 0 Å². The zero-order chi connectivity index (χ0) is 22.9. The Morgan fingerprint density at radius 3 is 2.85 bits per heavy atom. The van der Waals surface area contributed by atoms with Gasteiger partial charge < -0.3 is 19.9 Å². The molecule has 0 fully saturated rings. The first-order valence-electron chi connectivity index (χ1n) is 12.2. The number of hydrogen-bond donors (Lipinski definition) is 1. The van der Waals surface area contributed by atoms with Gasteiger partial charge in [0.2, 0.25) is 5.91 Å². The quantitative estimate of drug-likeness (QED) is 0.650. The Kier molecular flexibility index (Phi) is 6.10. The summed E-state index contributed by atoms with van der Waals surface area (Å²) >= 11 is 0. The van der Waals surface area contributed by atoms with Crippen LogP contribution in [-0.4, -0.2) is 59.6 Å². The van der Waals surface area contributed by atoms with E-state index in [1.807, 2.05) is 4.90 Å². The lowest BCUT2D eigenvalue weighted by atomic mass is 9.96. The molecular formula is C25H34N6O2. The molecule has 8 heteroatoms. The van der Waals surface area contributed by atoms with Crippen molar-refractivity contribution in [1.29, 1.82) is 0 Å². The summed E-state index contributed by atoms with van der Waals surface area (Å²) in [6.45, 7) is 11.6. The third-order valence-corrected chi connectivity index (χ3v) is 6.81. The smallest absolute Gasteiger partial charge is 0.320 e. The molecule has 0 spiro atoms. The minimum Gasteiger partial charge on any atom is -0.463 e. The number of nitrogens with one attached hydrogen (secondary N) is 1. The third kappa shape index (κ3) is 4.36. The Morgan fingerprint density at radius 1 is 1.15 bits per heavy atom. The number of rotatable bonds is 7. The summed E-state index contributed by atoms with van der Waals surface area (Å²) < 4.78 is 5.85. The Bertz CT molecular complexity index is 1040. The van der Waals surface area contributed by atoms with Crippen LogP contribution < -0.4 is 19.9 Å². The van der Waals surface area contributed by atoms with Gasteiger partial charge in [-0.2, -0.15) is 9.97 Å². The summed E-state index contributed by atoms with van der Waals surface area (Å²) in [6.07, 6.45) is 3.10. The van der Waals surface area contributed by atoms with Crippen molar-refractivity contribution in [1.82, 2.24) is 14.9 Å². The highest BCUT2D eigenvalue weighted by atomic mass is 16.5. The van der Waals surface area contributed by atoms with E-state index in [9.17, 15) is 4.79 Å². The van der Waals surface area contributed by atoms with Gasteiger partial charge in [0.15, 0.2) is 11.6 Å². The minimum absolute atomic E-state index is 0.0949. The molecule has 1 aromatic heterocycles. The van der Waals surface area contributed by atoms with Gasteiger partial charge in [-0.05, 0) is 43.4 Å². The molecule has 33 heavy (non-hydrogen) atoms. The second kappa shape index (κ2) is 9.17. The highest BCUT2D eigenvalue weighted by molar-refractivity contribution is 6.06. The number of unbranched alkanes of at least 4 members (excludes halogenated alkanes) is 1. The van der Waals surface area contributed by atoms with Crippen LogP contribution in [0.3, 0.4) is 0 Å². The first-order chi connectivity index (χ1) is 16.0. The van der Waals surface area contributed by atoms with Crippen molar-refractivity contribution in [2.24, 2.45) is 0 Å². The Morgan fingerprint density at radius 2 is 2.03 bits per heavy atom. The zero-order valence-corrected chi connectivity index (χ0v) is 19.9. The van der Waals surface area contributed by atoms with Crippen LogP contribution in [0.5, 0.6) is 6.01 Å². The molecule has 5 rings (SSSR count). The van der Waals surface area contributed by atoms with E-state index in [1.54, 1.807) is 0 Å². The van der Waals surface area contributed by atoms with E-state index < -0.39 is 0 Å². The zero-order valence-electron chi connectivity index (χ0n) is 19.9. The van der Waals surface area contributed by atoms with Gasteiger partial charge in [0.1, 0.15) is 5.69 Å². The molecule has 1 amide bonds. The minimum atomic E-state index is 0.0949. The van der Waals surface area contributed by atoms with E-state index in [-0.39, 0.29) is 5.91 Å². The van der Waals surface area contributed by atoms with E-state index in [0.29, 0.717) is 50.7 Å². The van der Waals surface area contributed by atoms with E-state index >= 15 is 0 Å². The van der Waals surface area contributed by atoms with Crippen LogP contribution in [0.25, 0.3) is 0 Å². The monoisotopic (exact) mass is 450 g/mol. The topological polar surface area (TPSA) is 73.8 Å². The molecule has 3 aliphatic heterocycles. The summed E-state index contributed by atoms with van der Waals surface area (Å²) in [5.74, 6) is 1.56. The van der Waals surface area contributed by atoms with Crippen LogP contribution in [0.2, 0.25) is 0 Å². The number of hydrogen-bond acceptors (Lipinski definition) is 7. The van der Waals surface area contributed by atoms with Crippen molar-refractivity contribution in [2.75, 3.05) is 47.9 Å². The molecule has 4 heterocycles. The van der Waals surface area contributed by atoms with E-state index in [1.165, 1.54) is 16.7 Å². The largest absolute Gasteiger partial charge is 0.463 e. The fourth-order valence-electron chi connectivity index (χ4n) is 4.88. The maximum Gasteiger partial charge on any atom is 0.320 e. The molecule has 0 saturated carbocycles. The highest BCUT2D eigenvalue weighted by Gasteiger charge is 2.36. The summed E-state index contributed by atoms with van der Waals surface area (Å²) in [5, 5.41) is 3.34. The molecule has 0 atom stereocenters. The number of fused-ring (bicyclic) bond motifs is 1. The second-order valence-corrected chi connectivity index (χ2v) is 9.47. The van der Waals surface area contributed by atoms with Gasteiger partial charge in [0.25, 0.3) is 0 Å². The van der Waals surface area contributed by atoms with E-state index in [4.69, 9.17) is 9.72 Å². The molecule has 0 saturated heterocycles. The predicted octanol–water partition coefficient (Wildman–Crippen LogP) is 3.20. The molecule has 1 N–H and O–H groups in total. The molecule has 0 radical (unpaired) electrons. The van der Waals surface area contributed by atoms with Crippen LogP contribution in [0.1, 0.15) is 50.3 Å². The lowest BCUT2D eigenvalue weighted by Gasteiger charge is -2.39. The average molecular weight is 451 g/mol. The van der Waals surface area contributed by atoms with Gasteiger partial charge in [0, 0.05) is 38.8 Å². The van der Waals surface area contributed by atoms with Crippen LogP contribution >= 0.6 is 0 Å². The number of anilines is 3. The first-order valence-corrected chi connectivity index (χ1v) is 12.2. The van der Waals surface area contributed by atoms with Gasteiger partial charge in [-0.1, -0.05) is 31.5 Å². The molecular weight excluding hydrogens is 416 g/mol. The van der Waals surface area contributed by atoms with Gasteiger partial charge >= 0.3 is 6.01 Å². The van der Waals surface area contributed by atoms with Gasteiger partial charge in [-0.3, -0.25) is 9.69 Å². The van der Waals surface area contributed by atoms with Crippen LogP contribution in [0.15, 0.2) is 18.2 Å². The molecule has 0 aliphatic carbocycles. The van der Waals surface area contributed by atoms with Gasteiger partial charge in [0.05, 0.1) is 13.2 Å². The van der Waals surface area contributed by atoms with Crippen LogP contribution in [0.4, 0.5) is 17.3 Å². The predicted molar refractivity (Wildman–Crippen MR) is 130 cm³/mol. The van der Waals surface area contributed by atoms with Gasteiger partial charge in [-0.25, -0.2) is 0 Å². The molecule has 8 nitrogen and oxygen atoms in total. The molecule has 2 aromatic rings. The normalized spacial score (nSPS) is 17.6. The molecule has 176 valence electrons. The summed E-state index contributed by atoms with van der Waals surface area (Å²) in [7, 11) is 0. The third-order valence-electron chi connectivity index (χ3n) is 6.81. The molecule has 0 unspecified atom stereocenters. The fraction of sp³-hybridized carbons (Fsp3) is 0.560. The lowest BCUT2D eigenvalue weighted by Crippen LogP contribution is -2.50. The molecule has 0 bridgehead atoms. The fourth-order valence-corrected chi connectivity index (χ4v) is 4.88. The standard InChI is InChI=1S/C25H34N6O2/c1-4-5-12-33-25-27-23-22-24(28-25)30(16-21(32)31(22)11-9-26-23)14-18-6-7-19-8-10-29(17(2)3)15-20(19)13-18/h6-7,13,17H,4-5,8-12,14-16H2,1-3H3,(H,26,27,28). The number of benzene rings is 1. The number of aromatic nitrogens is 2. The first kappa shape index (κ1) is 21.9. The number of carbonyl (C=O) groups is 1. The Balaban J connectivity index is 1.44. The van der Waals surface area contributed by atoms with Crippen LogP contribution in [0, 0.1) is 0 Å². The highest BCUT2D eigenvalue weighted by Crippen LogP contribution is 2.41. The second-order valence-electron chi connectivity index (χ2n) is 9.47. The number of ether oxygens (including phenoxy) is 1. The van der Waals surface area contributed by atoms with E-state index in [2.05, 4.69) is 59.1 Å². The SMILES string of the molecule is CCCCOc1nc2c3c(n1)N(Cc1ccc4c(c1)CN(C(C)C)CC4)CC(=O)N3CCN2. The van der Waals surface area contributed by atoms with Crippen molar-refractivity contribution >= 4 is 23.2 Å². The van der Waals surface area contributed by atoms with Crippen molar-refractivity contribution in [3.05, 3.63) is 34.9 Å². The average Bonchev–Trinajstić information content (AvgIpc) is 2.81. The number of carbonyl (C=O) groups excluding carboxylic acids is 1. The maximum atomic E-state index is 13.0. The number of nitrogens with zero attached hydrogens (tertiary/aromatic N) is 5.